The minimum absolute atomic E-state index is 0.151. The van der Waals surface area contributed by atoms with Crippen LogP contribution < -0.4 is 4.74 Å². The third kappa shape index (κ3) is 5.68. The van der Waals surface area contributed by atoms with E-state index in [0.29, 0.717) is 58.8 Å². The van der Waals surface area contributed by atoms with E-state index in [-0.39, 0.29) is 11.8 Å². The summed E-state index contributed by atoms with van der Waals surface area (Å²) in [6.07, 6.45) is 1.18. The Bertz CT molecular complexity index is 638. The highest BCUT2D eigenvalue weighted by atomic mass is 16.5. The molecule has 7 nitrogen and oxygen atoms in total. The van der Waals surface area contributed by atoms with Crippen LogP contribution in [-0.4, -0.2) is 92.7 Å². The van der Waals surface area contributed by atoms with Gasteiger partial charge in [0.2, 0.25) is 11.8 Å². The third-order valence-electron chi connectivity index (χ3n) is 5.21. The smallest absolute Gasteiger partial charge is 0.236 e. The number of carbonyl (C=O) groups is 2. The van der Waals surface area contributed by atoms with Crippen LogP contribution in [0.2, 0.25) is 0 Å². The highest BCUT2D eigenvalue weighted by Gasteiger charge is 2.25. The number of hydrogen-bond acceptors (Lipinski definition) is 5. The van der Waals surface area contributed by atoms with Crippen LogP contribution in [0.4, 0.5) is 0 Å². The zero-order chi connectivity index (χ0) is 19.1. The maximum Gasteiger partial charge on any atom is 0.236 e. The number of ether oxygens (including phenoxy) is 2. The predicted octanol–water partition coefficient (Wildman–Crippen LogP) is 0.631. The molecule has 0 aliphatic carbocycles. The topological polar surface area (TPSA) is 62.3 Å². The Morgan fingerprint density at radius 1 is 1.00 bits per heavy atom. The lowest BCUT2D eigenvalue weighted by Gasteiger charge is -2.36. The first kappa shape index (κ1) is 19.6. The molecule has 0 atom stereocenters. The Morgan fingerprint density at radius 3 is 2.33 bits per heavy atom. The average molecular weight is 375 g/mol. The second-order valence-corrected chi connectivity index (χ2v) is 7.00. The van der Waals surface area contributed by atoms with Gasteiger partial charge >= 0.3 is 0 Å². The largest absolute Gasteiger partial charge is 0.497 e. The van der Waals surface area contributed by atoms with Crippen molar-refractivity contribution in [2.45, 2.75) is 12.8 Å². The van der Waals surface area contributed by atoms with Gasteiger partial charge in [0.15, 0.2) is 0 Å². The van der Waals surface area contributed by atoms with Gasteiger partial charge in [0, 0.05) is 45.7 Å². The molecule has 3 rings (SSSR count). The number of amides is 2. The molecule has 1 aromatic rings. The van der Waals surface area contributed by atoms with E-state index in [1.165, 1.54) is 0 Å². The monoisotopic (exact) mass is 375 g/mol. The van der Waals surface area contributed by atoms with Crippen LogP contribution >= 0.6 is 0 Å². The number of methoxy groups -OCH3 is 1. The molecule has 0 aromatic heterocycles. The lowest BCUT2D eigenvalue weighted by molar-refractivity contribution is -0.140. The van der Waals surface area contributed by atoms with Crippen molar-refractivity contribution in [1.29, 1.82) is 0 Å². The SMILES string of the molecule is COc1cccc(CCC(=O)N2CCN(C(=O)CN3CCOCC3)CC2)c1. The van der Waals surface area contributed by atoms with Gasteiger partial charge < -0.3 is 19.3 Å². The fraction of sp³-hybridized carbons (Fsp3) is 0.600. The first-order valence-corrected chi connectivity index (χ1v) is 9.64. The van der Waals surface area contributed by atoms with Gasteiger partial charge in [-0.2, -0.15) is 0 Å². The van der Waals surface area contributed by atoms with E-state index in [0.717, 1.165) is 24.4 Å². The molecule has 0 unspecified atom stereocenters. The van der Waals surface area contributed by atoms with Gasteiger partial charge in [-0.1, -0.05) is 12.1 Å². The average Bonchev–Trinajstić information content (AvgIpc) is 2.73. The number of benzene rings is 1. The number of piperazine rings is 1. The molecule has 7 heteroatoms. The van der Waals surface area contributed by atoms with E-state index in [9.17, 15) is 9.59 Å². The molecule has 2 aliphatic rings. The van der Waals surface area contributed by atoms with Gasteiger partial charge in [-0.05, 0) is 24.1 Å². The third-order valence-corrected chi connectivity index (χ3v) is 5.21. The number of rotatable bonds is 6. The summed E-state index contributed by atoms with van der Waals surface area (Å²) in [5, 5.41) is 0. The molecule has 2 aliphatic heterocycles. The molecular formula is C20H29N3O4. The maximum absolute atomic E-state index is 12.5. The van der Waals surface area contributed by atoms with Crippen molar-refractivity contribution >= 4 is 11.8 Å². The van der Waals surface area contributed by atoms with E-state index in [4.69, 9.17) is 9.47 Å². The van der Waals surface area contributed by atoms with Crippen molar-refractivity contribution in [3.05, 3.63) is 29.8 Å². The minimum atomic E-state index is 0.151. The van der Waals surface area contributed by atoms with Crippen molar-refractivity contribution in [3.8, 4) is 5.75 Å². The van der Waals surface area contributed by atoms with Crippen molar-refractivity contribution in [2.24, 2.45) is 0 Å². The molecule has 0 spiro atoms. The fourth-order valence-corrected chi connectivity index (χ4v) is 3.49. The first-order valence-electron chi connectivity index (χ1n) is 9.64. The molecule has 27 heavy (non-hydrogen) atoms. The van der Waals surface area contributed by atoms with Gasteiger partial charge in [-0.25, -0.2) is 0 Å². The molecule has 2 heterocycles. The standard InChI is InChI=1S/C20H29N3O4/c1-26-18-4-2-3-17(15-18)5-6-19(24)22-7-9-23(10-8-22)20(25)16-21-11-13-27-14-12-21/h2-4,15H,5-14,16H2,1H3. The van der Waals surface area contributed by atoms with E-state index in [2.05, 4.69) is 4.90 Å². The van der Waals surface area contributed by atoms with E-state index in [1.54, 1.807) is 7.11 Å². The molecule has 0 N–H and O–H groups in total. The number of nitrogens with zero attached hydrogens (tertiary/aromatic N) is 3. The number of carbonyl (C=O) groups excluding carboxylic acids is 2. The summed E-state index contributed by atoms with van der Waals surface area (Å²) in [5.74, 6) is 1.12. The summed E-state index contributed by atoms with van der Waals surface area (Å²) >= 11 is 0. The normalized spacial score (nSPS) is 18.4. The Kier molecular flexibility index (Phi) is 7.06. The van der Waals surface area contributed by atoms with E-state index < -0.39 is 0 Å². The molecule has 0 radical (unpaired) electrons. The summed E-state index contributed by atoms with van der Waals surface area (Å²) < 4.78 is 10.5. The van der Waals surface area contributed by atoms with Crippen LogP contribution in [0.25, 0.3) is 0 Å². The first-order chi connectivity index (χ1) is 13.2. The zero-order valence-electron chi connectivity index (χ0n) is 16.1. The summed E-state index contributed by atoms with van der Waals surface area (Å²) in [6, 6.07) is 7.82. The van der Waals surface area contributed by atoms with Crippen molar-refractivity contribution in [3.63, 3.8) is 0 Å². The number of morpholine rings is 1. The molecule has 2 amide bonds. The van der Waals surface area contributed by atoms with E-state index >= 15 is 0 Å². The Morgan fingerprint density at radius 2 is 1.67 bits per heavy atom. The lowest BCUT2D eigenvalue weighted by Crippen LogP contribution is -2.53. The van der Waals surface area contributed by atoms with Crippen molar-refractivity contribution < 1.29 is 19.1 Å². The lowest BCUT2D eigenvalue weighted by atomic mass is 10.1. The Hall–Kier alpha value is -2.12. The Labute approximate surface area is 160 Å². The van der Waals surface area contributed by atoms with Crippen LogP contribution in [0.1, 0.15) is 12.0 Å². The molecule has 2 saturated heterocycles. The van der Waals surface area contributed by atoms with Crippen LogP contribution in [0.3, 0.4) is 0 Å². The Balaban J connectivity index is 1.40. The molecule has 148 valence electrons. The summed E-state index contributed by atoms with van der Waals surface area (Å²) in [7, 11) is 1.64. The fourth-order valence-electron chi connectivity index (χ4n) is 3.49. The number of hydrogen-bond donors (Lipinski definition) is 0. The zero-order valence-corrected chi connectivity index (χ0v) is 16.1. The van der Waals surface area contributed by atoms with Crippen LogP contribution in [0.5, 0.6) is 5.75 Å². The van der Waals surface area contributed by atoms with E-state index in [1.807, 2.05) is 34.1 Å². The highest BCUT2D eigenvalue weighted by molar-refractivity contribution is 5.79. The highest BCUT2D eigenvalue weighted by Crippen LogP contribution is 2.15. The summed E-state index contributed by atoms with van der Waals surface area (Å²) in [4.78, 5) is 30.8. The van der Waals surface area contributed by atoms with Gasteiger partial charge in [0.1, 0.15) is 5.75 Å². The minimum Gasteiger partial charge on any atom is -0.497 e. The summed E-state index contributed by atoms with van der Waals surface area (Å²) in [5.41, 5.74) is 1.10. The van der Waals surface area contributed by atoms with Gasteiger partial charge in [0.25, 0.3) is 0 Å². The summed E-state index contributed by atoms with van der Waals surface area (Å²) in [6.45, 7) is 5.95. The second-order valence-electron chi connectivity index (χ2n) is 7.00. The quantitative estimate of drug-likeness (QED) is 0.730. The molecule has 1 aromatic carbocycles. The van der Waals surface area contributed by atoms with Crippen molar-refractivity contribution in [1.82, 2.24) is 14.7 Å². The molecule has 0 saturated carbocycles. The molecular weight excluding hydrogens is 346 g/mol. The number of aryl methyl sites for hydroxylation is 1. The van der Waals surface area contributed by atoms with Crippen LogP contribution in [0.15, 0.2) is 24.3 Å². The molecule has 0 bridgehead atoms. The van der Waals surface area contributed by atoms with Crippen LogP contribution in [0, 0.1) is 0 Å². The maximum atomic E-state index is 12.5. The van der Waals surface area contributed by atoms with Gasteiger partial charge in [-0.3, -0.25) is 14.5 Å². The molecule has 2 fully saturated rings. The van der Waals surface area contributed by atoms with Crippen molar-refractivity contribution in [2.75, 3.05) is 66.1 Å². The second kappa shape index (κ2) is 9.71. The van der Waals surface area contributed by atoms with Crippen LogP contribution in [-0.2, 0) is 20.7 Å². The van der Waals surface area contributed by atoms with Gasteiger partial charge in [0.05, 0.1) is 26.9 Å². The van der Waals surface area contributed by atoms with Gasteiger partial charge in [-0.15, -0.1) is 0 Å². The predicted molar refractivity (Wildman–Crippen MR) is 102 cm³/mol.